The smallest absolute Gasteiger partial charge is 0.193 e. The van der Waals surface area contributed by atoms with Gasteiger partial charge in [-0.05, 0) is 185 Å². The summed E-state index contributed by atoms with van der Waals surface area (Å²) in [5, 5.41) is 84.2. The van der Waals surface area contributed by atoms with Crippen LogP contribution in [0.1, 0.15) is 88.4 Å². The van der Waals surface area contributed by atoms with Gasteiger partial charge in [0.05, 0.1) is 24.4 Å². The Bertz CT molecular complexity index is 3730. The molecule has 4 aromatic rings. The number of allylic oxidation sites excluding steroid dienone is 8. The van der Waals surface area contributed by atoms with Crippen molar-refractivity contribution in [3.05, 3.63) is 144 Å². The lowest BCUT2D eigenvalue weighted by molar-refractivity contribution is -0.235. The highest BCUT2D eigenvalue weighted by Crippen LogP contribution is 2.74. The van der Waals surface area contributed by atoms with Gasteiger partial charge < -0.3 is 71.3 Å². The average molecular weight is 1270 g/mol. The van der Waals surface area contributed by atoms with Crippen molar-refractivity contribution in [2.75, 3.05) is 24.7 Å². The third-order valence-electron chi connectivity index (χ3n) is 21.9. The predicted octanol–water partition coefficient (Wildman–Crippen LogP) is 7.56. The number of nitrogens with two attached hydrogens (primary N) is 2. The molecule has 8 aliphatic carbocycles. The van der Waals surface area contributed by atoms with E-state index in [-0.39, 0.29) is 66.9 Å². The highest BCUT2D eigenvalue weighted by molar-refractivity contribution is 6.02. The normalized spacial score (nSPS) is 39.5. The SMILES string of the molecule is C[C@]12C=CC(=O)C=C1[C@@H](F)C[C@H]1[C@@H]3C[C@@H](O)[C@](O)(C(=O)CO)[C@@]3(C)C[C@H](O)[C@@]12F.C[C@]12C=CC(=O)C=C1[C@@H](F)C[C@H]1[C@@H]3C[C@H]4O[C@@H](c5ccc(Oc6ccc(N)cc6)c(O)c5)O[C@@]4(C(=O)CO)[C@@]3(C)C[C@H](O)[C@@]12F.Nc1ccc(Oc2ccc(C=O)cc2O)cc1. The van der Waals surface area contributed by atoms with Crippen LogP contribution >= 0.6 is 0 Å². The van der Waals surface area contributed by atoms with Gasteiger partial charge in [0.25, 0.3) is 0 Å². The number of alkyl halides is 4. The molecule has 91 heavy (non-hydrogen) atoms. The summed E-state index contributed by atoms with van der Waals surface area (Å²) >= 11 is 0. The first-order chi connectivity index (χ1) is 42.8. The maximum atomic E-state index is 17.5. The van der Waals surface area contributed by atoms with Crippen LogP contribution < -0.4 is 20.9 Å². The number of aromatic hydroxyl groups is 2. The summed E-state index contributed by atoms with van der Waals surface area (Å²) in [4.78, 5) is 60.5. The summed E-state index contributed by atoms with van der Waals surface area (Å²) < 4.78 is 89.2. The Balaban J connectivity index is 0.000000157. The van der Waals surface area contributed by atoms with Gasteiger partial charge in [-0.1, -0.05) is 26.0 Å². The topological polar surface area (TPSA) is 336 Å². The van der Waals surface area contributed by atoms with Crippen LogP contribution in [-0.4, -0.2) is 143 Å². The van der Waals surface area contributed by atoms with E-state index in [1.807, 2.05) is 0 Å². The second kappa shape index (κ2) is 22.9. The van der Waals surface area contributed by atoms with Crippen molar-refractivity contribution in [3.8, 4) is 34.5 Å². The maximum Gasteiger partial charge on any atom is 0.193 e. The van der Waals surface area contributed by atoms with Gasteiger partial charge in [0.2, 0.25) is 0 Å². The number of phenols is 2. The number of carbonyl (C=O) groups is 5. The highest BCUT2D eigenvalue weighted by atomic mass is 19.2. The number of ketones is 4. The third-order valence-corrected chi connectivity index (χ3v) is 21.9. The van der Waals surface area contributed by atoms with E-state index in [0.717, 1.165) is 18.2 Å². The van der Waals surface area contributed by atoms with E-state index in [9.17, 15) is 64.8 Å². The number of aliphatic hydroxyl groups excluding tert-OH is 5. The van der Waals surface area contributed by atoms with Crippen molar-refractivity contribution in [2.45, 2.75) is 132 Å². The van der Waals surface area contributed by atoms with Crippen LogP contribution in [0, 0.1) is 45.3 Å². The summed E-state index contributed by atoms with van der Waals surface area (Å²) in [6.45, 7) is 4.24. The molecule has 0 radical (unpaired) electrons. The van der Waals surface area contributed by atoms with Crippen molar-refractivity contribution in [1.29, 1.82) is 0 Å². The largest absolute Gasteiger partial charge is 0.504 e. The second-order valence-corrected chi connectivity index (χ2v) is 26.4. The standard InChI is InChI=1S/C34H35F2NO8.C21H26F2O6.C13H11NO3/c1-31-10-9-19(39)12-23(31)24(35)13-22-21-14-29-34(28(42)16-38,32(21,2)15-27(41)33(22,31)36)45-30(44-29)17-3-8-26(25(40)11-17)43-20-6-4-18(37)5-7-20;1-18-4-3-10(25)5-13(18)14(22)6-12-11-7-15(26)21(29,17(28)9-24)19(11,2)8-16(27)20(12,18)23;14-10-2-4-11(5-3-10)17-13-6-1-9(8-15)7-12(13)16/h3-12,21-22,24,27,29-30,38,40-41H,13-16,37H2,1-2H3;3-5,11-12,14-16,24,26-27,29H,6-9H2,1-2H3;1-8,16H,14H2/t21-,22-,24-,27-,29+,30+,31-,32-,33-,34+;11-,12-,14-,15+,16-,18-,19-,20-,21-;/m00./s1. The molecular formula is C68H72F4N2O17. The fourth-order valence-corrected chi connectivity index (χ4v) is 17.3. The van der Waals surface area contributed by atoms with Gasteiger partial charge in [0, 0.05) is 56.0 Å². The molecule has 484 valence electrons. The van der Waals surface area contributed by atoms with Gasteiger partial charge in [0.1, 0.15) is 43.3 Å². The maximum absolute atomic E-state index is 17.5. The highest BCUT2D eigenvalue weighted by Gasteiger charge is 2.81. The van der Waals surface area contributed by atoms with Gasteiger partial charge in [-0.3, -0.25) is 24.0 Å². The number of fused-ring (bicyclic) bond motifs is 12. The van der Waals surface area contributed by atoms with Crippen LogP contribution in [-0.2, 0) is 28.7 Å². The van der Waals surface area contributed by atoms with Crippen LogP contribution in [0.15, 0.2) is 133 Å². The molecule has 6 saturated carbocycles. The average Bonchev–Trinajstić information content (AvgIpc) is 1.63. The van der Waals surface area contributed by atoms with E-state index in [4.69, 9.17) is 30.4 Å². The molecule has 19 nitrogen and oxygen atoms in total. The molecular weight excluding hydrogens is 1190 g/mol. The van der Waals surface area contributed by atoms with Crippen molar-refractivity contribution in [3.63, 3.8) is 0 Å². The lowest BCUT2D eigenvalue weighted by atomic mass is 9.44. The molecule has 0 unspecified atom stereocenters. The minimum Gasteiger partial charge on any atom is -0.504 e. The molecule has 1 saturated heterocycles. The van der Waals surface area contributed by atoms with Crippen LogP contribution in [0.25, 0.3) is 0 Å². The number of anilines is 2. The van der Waals surface area contributed by atoms with Crippen LogP contribution in [0.4, 0.5) is 28.9 Å². The van der Waals surface area contributed by atoms with E-state index < -0.39 is 147 Å². The van der Waals surface area contributed by atoms with Crippen molar-refractivity contribution in [1.82, 2.24) is 0 Å². The molecule has 12 N–H and O–H groups in total. The summed E-state index contributed by atoms with van der Waals surface area (Å²) in [5.74, 6) is -5.04. The Morgan fingerprint density at radius 3 is 1.55 bits per heavy atom. The number of benzene rings is 4. The Morgan fingerprint density at radius 1 is 0.626 bits per heavy atom. The Kier molecular flexibility index (Phi) is 16.3. The number of ether oxygens (including phenoxy) is 4. The molecule has 13 rings (SSSR count). The zero-order chi connectivity index (χ0) is 65.9. The molecule has 19 atom stereocenters. The number of aliphatic hydroxyl groups is 6. The van der Waals surface area contributed by atoms with Gasteiger partial charge in [-0.15, -0.1) is 0 Å². The molecule has 1 heterocycles. The Labute approximate surface area is 520 Å². The minimum absolute atomic E-state index is 0.00642. The minimum atomic E-state index is -2.37. The summed E-state index contributed by atoms with van der Waals surface area (Å²) in [7, 11) is 0. The number of carbonyl (C=O) groups excluding carboxylic acids is 5. The molecule has 0 bridgehead atoms. The van der Waals surface area contributed by atoms with Gasteiger partial charge in [-0.25, -0.2) is 17.6 Å². The molecule has 1 aliphatic heterocycles. The van der Waals surface area contributed by atoms with Crippen LogP contribution in [0.2, 0.25) is 0 Å². The second-order valence-electron chi connectivity index (χ2n) is 26.4. The zero-order valence-electron chi connectivity index (χ0n) is 50.1. The van der Waals surface area contributed by atoms with Crippen molar-refractivity contribution >= 4 is 40.8 Å². The molecule has 9 aliphatic rings. The van der Waals surface area contributed by atoms with E-state index in [2.05, 4.69) is 0 Å². The number of Topliss-reactive ketones (excluding diaryl/α,β-unsaturated/α-hetero) is 2. The van der Waals surface area contributed by atoms with Crippen LogP contribution in [0.3, 0.4) is 0 Å². The zero-order valence-corrected chi connectivity index (χ0v) is 50.1. The lowest BCUT2D eigenvalue weighted by Crippen LogP contribution is -2.70. The lowest BCUT2D eigenvalue weighted by Gasteiger charge is -2.63. The van der Waals surface area contributed by atoms with E-state index >= 15 is 17.6 Å². The van der Waals surface area contributed by atoms with E-state index in [1.165, 1.54) is 63.3 Å². The quantitative estimate of drug-likeness (QED) is 0.0416. The number of rotatable bonds is 10. The Hall–Kier alpha value is -7.61. The Morgan fingerprint density at radius 2 is 1.09 bits per heavy atom. The van der Waals surface area contributed by atoms with Crippen LogP contribution in [0.5, 0.6) is 34.5 Å². The van der Waals surface area contributed by atoms with Crippen molar-refractivity contribution < 1.29 is 101 Å². The fourth-order valence-electron chi connectivity index (χ4n) is 17.3. The number of phenolic OH excluding ortho intramolecular Hbond substituents is 2. The third kappa shape index (κ3) is 9.61. The molecule has 7 fully saturated rings. The predicted molar refractivity (Wildman–Crippen MR) is 318 cm³/mol. The fraction of sp³-hybridized carbons (Fsp3) is 0.456. The molecule has 0 spiro atoms. The van der Waals surface area contributed by atoms with Crippen molar-refractivity contribution in [2.24, 2.45) is 45.3 Å². The first-order valence-corrected chi connectivity index (χ1v) is 30.0. The number of aldehydes is 1. The summed E-state index contributed by atoms with van der Waals surface area (Å²) in [5.41, 5.74) is -1.48. The van der Waals surface area contributed by atoms with E-state index in [1.54, 1.807) is 67.6 Å². The number of nitrogen functional groups attached to an aromatic ring is 2. The summed E-state index contributed by atoms with van der Waals surface area (Å²) in [6, 6.07) is 22.4. The number of halogens is 4. The molecule has 4 aromatic carbocycles. The molecule has 23 heteroatoms. The van der Waals surface area contributed by atoms with Gasteiger partial charge in [-0.2, -0.15) is 0 Å². The number of hydrogen-bond acceptors (Lipinski definition) is 19. The number of hydrogen-bond donors (Lipinski definition) is 10. The summed E-state index contributed by atoms with van der Waals surface area (Å²) in [6.07, 6.45) is -3.67. The first-order valence-electron chi connectivity index (χ1n) is 30.0. The molecule has 0 aromatic heterocycles. The van der Waals surface area contributed by atoms with Gasteiger partial charge >= 0.3 is 0 Å². The van der Waals surface area contributed by atoms with Gasteiger partial charge in [0.15, 0.2) is 75.0 Å². The monoisotopic (exact) mass is 1260 g/mol. The van der Waals surface area contributed by atoms with E-state index in [0.29, 0.717) is 46.0 Å². The molecule has 0 amide bonds. The first kappa shape index (κ1) is 64.9.